The highest BCUT2D eigenvalue weighted by atomic mass is 35.5. The molecule has 1 aliphatic rings. The molecule has 0 bridgehead atoms. The van der Waals surface area contributed by atoms with E-state index in [1.807, 2.05) is 0 Å². The van der Waals surface area contributed by atoms with Crippen molar-refractivity contribution in [1.29, 1.82) is 0 Å². The molecule has 1 atom stereocenters. The molecule has 0 radical (unpaired) electrons. The van der Waals surface area contributed by atoms with E-state index in [0.29, 0.717) is 5.56 Å². The fraction of sp³-hybridized carbons (Fsp3) is 0.455. The monoisotopic (exact) mass is 260 g/mol. The summed E-state index contributed by atoms with van der Waals surface area (Å²) in [5.41, 5.74) is 0.359. The standard InChI is InChI=1S/C11H13FN2O2.ClH/c12-10-5-4-8(14(15)16)7-9(10)11-3-1-2-6-13-11;/h4-5,7,11,13H,1-3,6H2;1H/t11-;/m0./s1. The molecule has 1 saturated heterocycles. The molecular formula is C11H14ClFN2O2. The molecule has 1 N–H and O–H groups in total. The Bertz CT molecular complexity index is 408. The van der Waals surface area contributed by atoms with Crippen molar-refractivity contribution in [3.63, 3.8) is 0 Å². The summed E-state index contributed by atoms with van der Waals surface area (Å²) in [6.45, 7) is 0.840. The van der Waals surface area contributed by atoms with Gasteiger partial charge in [-0.3, -0.25) is 10.1 Å². The first-order valence-corrected chi connectivity index (χ1v) is 5.35. The Labute approximate surface area is 105 Å². The quantitative estimate of drug-likeness (QED) is 0.657. The summed E-state index contributed by atoms with van der Waals surface area (Å²) in [6, 6.07) is 3.61. The zero-order valence-electron chi connectivity index (χ0n) is 9.19. The van der Waals surface area contributed by atoms with Crippen molar-refractivity contribution in [3.8, 4) is 0 Å². The third kappa shape index (κ3) is 3.14. The van der Waals surface area contributed by atoms with Crippen LogP contribution < -0.4 is 5.32 Å². The van der Waals surface area contributed by atoms with Crippen molar-refractivity contribution in [2.75, 3.05) is 6.54 Å². The predicted octanol–water partition coefficient (Wildman–Crippen LogP) is 2.97. The Morgan fingerprint density at radius 2 is 2.18 bits per heavy atom. The minimum Gasteiger partial charge on any atom is -0.310 e. The molecule has 1 aromatic carbocycles. The number of nitrogens with zero attached hydrogens (tertiary/aromatic N) is 1. The molecule has 1 aliphatic heterocycles. The van der Waals surface area contributed by atoms with Gasteiger partial charge in [0.15, 0.2) is 0 Å². The number of hydrogen-bond acceptors (Lipinski definition) is 3. The van der Waals surface area contributed by atoms with E-state index >= 15 is 0 Å². The SMILES string of the molecule is Cl.O=[N+]([O-])c1ccc(F)c([C@@H]2CCCCN2)c1. The molecule has 94 valence electrons. The van der Waals surface area contributed by atoms with Gasteiger partial charge in [0.1, 0.15) is 5.82 Å². The molecule has 1 fully saturated rings. The normalized spacial score (nSPS) is 19.5. The summed E-state index contributed by atoms with van der Waals surface area (Å²) in [7, 11) is 0. The van der Waals surface area contributed by atoms with Crippen molar-refractivity contribution in [2.24, 2.45) is 0 Å². The van der Waals surface area contributed by atoms with Gasteiger partial charge in [0.05, 0.1) is 4.92 Å². The van der Waals surface area contributed by atoms with Crippen LogP contribution in [0.15, 0.2) is 18.2 Å². The van der Waals surface area contributed by atoms with E-state index in [4.69, 9.17) is 0 Å². The summed E-state index contributed by atoms with van der Waals surface area (Å²) < 4.78 is 13.6. The number of nitro groups is 1. The third-order valence-corrected chi connectivity index (χ3v) is 2.88. The summed E-state index contributed by atoms with van der Waals surface area (Å²) >= 11 is 0. The second-order valence-electron chi connectivity index (χ2n) is 3.97. The van der Waals surface area contributed by atoms with Gasteiger partial charge in [-0.2, -0.15) is 0 Å². The molecule has 0 unspecified atom stereocenters. The smallest absolute Gasteiger partial charge is 0.269 e. The lowest BCUT2D eigenvalue weighted by molar-refractivity contribution is -0.385. The highest BCUT2D eigenvalue weighted by Crippen LogP contribution is 2.27. The van der Waals surface area contributed by atoms with Crippen LogP contribution in [-0.2, 0) is 0 Å². The van der Waals surface area contributed by atoms with Crippen molar-refractivity contribution in [3.05, 3.63) is 39.7 Å². The van der Waals surface area contributed by atoms with Crippen LogP contribution >= 0.6 is 12.4 Å². The van der Waals surface area contributed by atoms with Crippen molar-refractivity contribution < 1.29 is 9.31 Å². The molecule has 6 heteroatoms. The van der Waals surface area contributed by atoms with Gasteiger partial charge >= 0.3 is 0 Å². The van der Waals surface area contributed by atoms with E-state index in [9.17, 15) is 14.5 Å². The van der Waals surface area contributed by atoms with E-state index in [2.05, 4.69) is 5.32 Å². The first-order chi connectivity index (χ1) is 7.68. The summed E-state index contributed by atoms with van der Waals surface area (Å²) in [4.78, 5) is 10.1. The molecule has 2 rings (SSSR count). The lowest BCUT2D eigenvalue weighted by Gasteiger charge is -2.23. The van der Waals surface area contributed by atoms with Crippen molar-refractivity contribution in [1.82, 2.24) is 5.32 Å². The second-order valence-corrected chi connectivity index (χ2v) is 3.97. The maximum Gasteiger partial charge on any atom is 0.269 e. The number of rotatable bonds is 2. The number of benzene rings is 1. The minimum absolute atomic E-state index is 0. The molecule has 0 aromatic heterocycles. The second kappa shape index (κ2) is 5.93. The van der Waals surface area contributed by atoms with Gasteiger partial charge in [-0.05, 0) is 25.5 Å². The number of piperidine rings is 1. The van der Waals surface area contributed by atoms with Crippen molar-refractivity contribution in [2.45, 2.75) is 25.3 Å². The van der Waals surface area contributed by atoms with Gasteiger partial charge in [0, 0.05) is 23.7 Å². The molecule has 1 heterocycles. The van der Waals surface area contributed by atoms with Gasteiger partial charge in [-0.15, -0.1) is 12.4 Å². The number of non-ortho nitro benzene ring substituents is 1. The highest BCUT2D eigenvalue weighted by Gasteiger charge is 2.20. The topological polar surface area (TPSA) is 55.2 Å². The molecule has 0 amide bonds. The highest BCUT2D eigenvalue weighted by molar-refractivity contribution is 5.85. The zero-order chi connectivity index (χ0) is 11.5. The van der Waals surface area contributed by atoms with Crippen LogP contribution in [0.3, 0.4) is 0 Å². The Hall–Kier alpha value is -1.20. The minimum atomic E-state index is -0.494. The van der Waals surface area contributed by atoms with E-state index in [-0.39, 0.29) is 30.0 Å². The summed E-state index contributed by atoms with van der Waals surface area (Å²) in [6.07, 6.45) is 2.94. The average Bonchev–Trinajstić information content (AvgIpc) is 2.30. The van der Waals surface area contributed by atoms with Crippen LogP contribution in [0.1, 0.15) is 30.9 Å². The lowest BCUT2D eigenvalue weighted by atomic mass is 9.97. The predicted molar refractivity (Wildman–Crippen MR) is 64.9 cm³/mol. The third-order valence-electron chi connectivity index (χ3n) is 2.88. The van der Waals surface area contributed by atoms with Crippen LogP contribution in [0.5, 0.6) is 0 Å². The first kappa shape index (κ1) is 13.9. The van der Waals surface area contributed by atoms with Crippen LogP contribution in [-0.4, -0.2) is 11.5 Å². The number of nitro benzene ring substituents is 1. The number of hydrogen-bond donors (Lipinski definition) is 1. The van der Waals surface area contributed by atoms with E-state index in [0.717, 1.165) is 25.8 Å². The molecule has 0 aliphatic carbocycles. The molecule has 0 spiro atoms. The van der Waals surface area contributed by atoms with Gasteiger partial charge in [-0.1, -0.05) is 6.42 Å². The maximum atomic E-state index is 13.6. The summed E-state index contributed by atoms with van der Waals surface area (Å²) in [5.74, 6) is -0.370. The fourth-order valence-corrected chi connectivity index (χ4v) is 2.03. The zero-order valence-corrected chi connectivity index (χ0v) is 10.0. The first-order valence-electron chi connectivity index (χ1n) is 5.35. The van der Waals surface area contributed by atoms with Gasteiger partial charge in [-0.25, -0.2) is 4.39 Å². The van der Waals surface area contributed by atoms with Crippen LogP contribution in [0, 0.1) is 15.9 Å². The lowest BCUT2D eigenvalue weighted by Crippen LogP contribution is -2.27. The molecule has 0 saturated carbocycles. The fourth-order valence-electron chi connectivity index (χ4n) is 2.03. The maximum absolute atomic E-state index is 13.6. The molecular weight excluding hydrogens is 247 g/mol. The molecule has 1 aromatic rings. The number of halogens is 2. The van der Waals surface area contributed by atoms with Gasteiger partial charge < -0.3 is 5.32 Å². The largest absolute Gasteiger partial charge is 0.310 e. The van der Waals surface area contributed by atoms with Gasteiger partial charge in [0.2, 0.25) is 0 Å². The van der Waals surface area contributed by atoms with E-state index < -0.39 is 4.92 Å². The molecule has 4 nitrogen and oxygen atoms in total. The average molecular weight is 261 g/mol. The van der Waals surface area contributed by atoms with Crippen LogP contribution in [0.4, 0.5) is 10.1 Å². The van der Waals surface area contributed by atoms with Gasteiger partial charge in [0.25, 0.3) is 5.69 Å². The van der Waals surface area contributed by atoms with E-state index in [1.165, 1.54) is 18.2 Å². The summed E-state index contributed by atoms with van der Waals surface area (Å²) in [5, 5.41) is 13.8. The van der Waals surface area contributed by atoms with Crippen LogP contribution in [0.2, 0.25) is 0 Å². The Kier molecular flexibility index (Phi) is 4.84. The van der Waals surface area contributed by atoms with E-state index in [1.54, 1.807) is 0 Å². The van der Waals surface area contributed by atoms with Crippen LogP contribution in [0.25, 0.3) is 0 Å². The Morgan fingerprint density at radius 3 is 2.76 bits per heavy atom. The van der Waals surface area contributed by atoms with Crippen molar-refractivity contribution >= 4 is 18.1 Å². The Morgan fingerprint density at radius 1 is 1.41 bits per heavy atom. The molecule has 17 heavy (non-hydrogen) atoms. The number of nitrogens with one attached hydrogen (secondary N) is 1. The Balaban J connectivity index is 0.00000144.